The molecule has 0 saturated heterocycles. The van der Waals surface area contributed by atoms with Crippen LogP contribution in [0.15, 0.2) is 84.1 Å². The molecule has 0 radical (unpaired) electrons. The van der Waals surface area contributed by atoms with Gasteiger partial charge in [0.05, 0.1) is 17.6 Å². The maximum atomic E-state index is 12.4. The number of imidazole rings is 1. The summed E-state index contributed by atoms with van der Waals surface area (Å²) >= 11 is 1.44. The number of hydrogen-bond acceptors (Lipinski definition) is 3. The normalized spacial score (nSPS) is 10.9. The second kappa shape index (κ2) is 7.68. The van der Waals surface area contributed by atoms with Crippen LogP contribution < -0.4 is 5.32 Å². The first-order valence-electron chi connectivity index (χ1n) is 8.70. The number of rotatable bonds is 5. The number of nitrogens with one attached hydrogen (secondary N) is 1. The molecule has 0 spiro atoms. The van der Waals surface area contributed by atoms with Crippen molar-refractivity contribution in [3.63, 3.8) is 0 Å². The molecule has 0 atom stereocenters. The van der Waals surface area contributed by atoms with Crippen LogP contribution in [0, 0.1) is 0 Å². The lowest BCUT2D eigenvalue weighted by Gasteiger charge is -2.09. The Hall–Kier alpha value is -3.05. The molecule has 0 fully saturated rings. The number of nitrogens with zero attached hydrogens (tertiary/aromatic N) is 2. The van der Waals surface area contributed by atoms with Crippen LogP contribution >= 0.6 is 11.8 Å². The highest BCUT2D eigenvalue weighted by Gasteiger charge is 2.12. The molecule has 0 saturated carbocycles. The fourth-order valence-electron chi connectivity index (χ4n) is 3.05. The molecule has 0 aliphatic rings. The summed E-state index contributed by atoms with van der Waals surface area (Å²) in [7, 11) is 1.97. The summed E-state index contributed by atoms with van der Waals surface area (Å²) in [6, 6.07) is 24.1. The Labute approximate surface area is 162 Å². The van der Waals surface area contributed by atoms with Crippen molar-refractivity contribution in [1.82, 2.24) is 9.55 Å². The van der Waals surface area contributed by atoms with Crippen molar-refractivity contribution in [2.75, 3.05) is 11.1 Å². The minimum absolute atomic E-state index is 0.0411. The number of benzene rings is 3. The standard InChI is InChI=1S/C22H19N3OS/c1-25-20(17-9-3-2-4-10-17)14-23-22(25)27-15-21(26)24-19-13-7-11-16-8-5-6-12-18(16)19/h2-14H,15H2,1H3,(H,24,26). The number of amides is 1. The van der Waals surface area contributed by atoms with Gasteiger partial charge in [-0.15, -0.1) is 0 Å². The SMILES string of the molecule is Cn1c(-c2ccccc2)cnc1SCC(=O)Nc1cccc2ccccc12. The Bertz CT molecular complexity index is 1080. The number of thioether (sulfide) groups is 1. The molecule has 1 N–H and O–H groups in total. The van der Waals surface area contributed by atoms with Crippen LogP contribution in [-0.2, 0) is 11.8 Å². The third-order valence-electron chi connectivity index (χ3n) is 4.41. The third kappa shape index (κ3) is 3.73. The lowest BCUT2D eigenvalue weighted by Crippen LogP contribution is -2.14. The van der Waals surface area contributed by atoms with Gasteiger partial charge in [0.1, 0.15) is 0 Å². The van der Waals surface area contributed by atoms with E-state index < -0.39 is 0 Å². The first kappa shape index (κ1) is 17.4. The molecule has 27 heavy (non-hydrogen) atoms. The van der Waals surface area contributed by atoms with Crippen LogP contribution in [0.2, 0.25) is 0 Å². The number of anilines is 1. The molecular formula is C22H19N3OS. The van der Waals surface area contributed by atoms with Crippen molar-refractivity contribution < 1.29 is 4.79 Å². The number of carbonyl (C=O) groups is 1. The van der Waals surface area contributed by atoms with Gasteiger partial charge in [-0.2, -0.15) is 0 Å². The van der Waals surface area contributed by atoms with E-state index in [0.717, 1.165) is 32.9 Å². The van der Waals surface area contributed by atoms with E-state index >= 15 is 0 Å². The molecule has 1 heterocycles. The van der Waals surface area contributed by atoms with Crippen molar-refractivity contribution in [3.05, 3.63) is 79.0 Å². The molecule has 134 valence electrons. The molecule has 0 aliphatic heterocycles. The van der Waals surface area contributed by atoms with Gasteiger partial charge in [-0.1, -0.05) is 78.5 Å². The zero-order valence-corrected chi connectivity index (χ0v) is 15.7. The van der Waals surface area contributed by atoms with E-state index in [2.05, 4.69) is 22.4 Å². The molecule has 5 heteroatoms. The van der Waals surface area contributed by atoms with Crippen LogP contribution in [-0.4, -0.2) is 21.2 Å². The number of hydrogen-bond donors (Lipinski definition) is 1. The Balaban J connectivity index is 1.45. The first-order chi connectivity index (χ1) is 13.2. The molecule has 0 bridgehead atoms. The monoisotopic (exact) mass is 373 g/mol. The van der Waals surface area contributed by atoms with Gasteiger partial charge in [-0.05, 0) is 17.0 Å². The van der Waals surface area contributed by atoms with E-state index in [-0.39, 0.29) is 5.91 Å². The van der Waals surface area contributed by atoms with E-state index in [4.69, 9.17) is 0 Å². The minimum atomic E-state index is -0.0411. The number of carbonyl (C=O) groups excluding carboxylic acids is 1. The summed E-state index contributed by atoms with van der Waals surface area (Å²) in [5.74, 6) is 0.267. The fraction of sp³-hybridized carbons (Fsp3) is 0.0909. The summed E-state index contributed by atoms with van der Waals surface area (Å²) in [4.78, 5) is 16.9. The van der Waals surface area contributed by atoms with Crippen molar-refractivity contribution in [1.29, 1.82) is 0 Å². The van der Waals surface area contributed by atoms with Crippen molar-refractivity contribution in [2.24, 2.45) is 7.05 Å². The summed E-state index contributed by atoms with van der Waals surface area (Å²) in [6.45, 7) is 0. The smallest absolute Gasteiger partial charge is 0.234 e. The van der Waals surface area contributed by atoms with Gasteiger partial charge in [0.2, 0.25) is 5.91 Å². The zero-order chi connectivity index (χ0) is 18.6. The quantitative estimate of drug-likeness (QED) is 0.502. The highest BCUT2D eigenvalue weighted by atomic mass is 32.2. The number of aromatic nitrogens is 2. The summed E-state index contributed by atoms with van der Waals surface area (Å²) in [5.41, 5.74) is 2.98. The van der Waals surface area contributed by atoms with Crippen molar-refractivity contribution in [2.45, 2.75) is 5.16 Å². The molecule has 4 rings (SSSR count). The average Bonchev–Trinajstić information content (AvgIpc) is 3.08. The van der Waals surface area contributed by atoms with Gasteiger partial charge in [0, 0.05) is 18.1 Å². The van der Waals surface area contributed by atoms with Gasteiger partial charge < -0.3 is 9.88 Å². The van der Waals surface area contributed by atoms with Gasteiger partial charge in [0.15, 0.2) is 5.16 Å². The summed E-state index contributed by atoms with van der Waals surface area (Å²) in [5, 5.41) is 5.99. The van der Waals surface area contributed by atoms with E-state index in [1.165, 1.54) is 11.8 Å². The van der Waals surface area contributed by atoms with Crippen molar-refractivity contribution >= 4 is 34.1 Å². The lowest BCUT2D eigenvalue weighted by atomic mass is 10.1. The van der Waals surface area contributed by atoms with E-state index in [1.807, 2.05) is 78.5 Å². The van der Waals surface area contributed by atoms with Crippen molar-refractivity contribution in [3.8, 4) is 11.3 Å². The Morgan fingerprint density at radius 2 is 1.74 bits per heavy atom. The third-order valence-corrected chi connectivity index (χ3v) is 5.46. The highest BCUT2D eigenvalue weighted by Crippen LogP contribution is 2.26. The van der Waals surface area contributed by atoms with Gasteiger partial charge >= 0.3 is 0 Å². The molecule has 4 nitrogen and oxygen atoms in total. The van der Waals surface area contributed by atoms with Crippen LogP contribution in [0.25, 0.3) is 22.0 Å². The van der Waals surface area contributed by atoms with E-state index in [1.54, 1.807) is 0 Å². The van der Waals surface area contributed by atoms with Gasteiger partial charge in [-0.3, -0.25) is 4.79 Å². The second-order valence-corrected chi connectivity index (χ2v) is 7.16. The first-order valence-corrected chi connectivity index (χ1v) is 9.68. The highest BCUT2D eigenvalue weighted by molar-refractivity contribution is 7.99. The predicted molar refractivity (Wildman–Crippen MR) is 112 cm³/mol. The molecule has 1 aromatic heterocycles. The molecule has 3 aromatic carbocycles. The molecule has 0 aliphatic carbocycles. The van der Waals surface area contributed by atoms with Crippen LogP contribution in [0.3, 0.4) is 0 Å². The summed E-state index contributed by atoms with van der Waals surface area (Å²) in [6.07, 6.45) is 1.85. The lowest BCUT2D eigenvalue weighted by molar-refractivity contribution is -0.113. The van der Waals surface area contributed by atoms with E-state index in [0.29, 0.717) is 5.75 Å². The van der Waals surface area contributed by atoms with Crippen LogP contribution in [0.4, 0.5) is 5.69 Å². The van der Waals surface area contributed by atoms with Gasteiger partial charge in [-0.25, -0.2) is 4.98 Å². The van der Waals surface area contributed by atoms with E-state index in [9.17, 15) is 4.79 Å². The van der Waals surface area contributed by atoms with Gasteiger partial charge in [0.25, 0.3) is 0 Å². The largest absolute Gasteiger partial charge is 0.325 e. The predicted octanol–water partition coefficient (Wildman–Crippen LogP) is 4.97. The second-order valence-electron chi connectivity index (χ2n) is 6.21. The Morgan fingerprint density at radius 3 is 2.59 bits per heavy atom. The minimum Gasteiger partial charge on any atom is -0.325 e. The fourth-order valence-corrected chi connectivity index (χ4v) is 3.81. The molecule has 4 aromatic rings. The average molecular weight is 373 g/mol. The molecule has 1 amide bonds. The Morgan fingerprint density at radius 1 is 1.00 bits per heavy atom. The Kier molecular flexibility index (Phi) is 4.94. The van der Waals surface area contributed by atoms with Crippen LogP contribution in [0.5, 0.6) is 0 Å². The van der Waals surface area contributed by atoms with Crippen LogP contribution in [0.1, 0.15) is 0 Å². The number of fused-ring (bicyclic) bond motifs is 1. The summed E-state index contributed by atoms with van der Waals surface area (Å²) < 4.78 is 2.02. The molecule has 0 unspecified atom stereocenters. The topological polar surface area (TPSA) is 46.9 Å². The maximum absolute atomic E-state index is 12.4. The molecular weight excluding hydrogens is 354 g/mol. The zero-order valence-electron chi connectivity index (χ0n) is 14.9. The maximum Gasteiger partial charge on any atom is 0.234 e.